The molecule has 1 saturated carbocycles. The smallest absolute Gasteiger partial charge is 0.341 e. The second-order valence-corrected chi connectivity index (χ2v) is 8.52. The molecule has 3 rings (SSSR count). The standard InChI is InChI=1S/C20H28O7/c1-10-7-6-8-19(4,24)16(26-18(23)20(5)12(3)27-20)15-13(9-14(10)21)11(2)17(22)25-15/h10,12-13,15-16,24H,2,6-9H2,1,3-5H3/t10-,12-,13?,15+,16-,19+,20-/m0/s1. The van der Waals surface area contributed by atoms with Gasteiger partial charge in [-0.1, -0.05) is 13.5 Å². The van der Waals surface area contributed by atoms with Crippen LogP contribution in [0.2, 0.25) is 0 Å². The van der Waals surface area contributed by atoms with Gasteiger partial charge in [-0.25, -0.2) is 9.59 Å². The highest BCUT2D eigenvalue weighted by Gasteiger charge is 2.60. The van der Waals surface area contributed by atoms with Gasteiger partial charge in [-0.05, 0) is 40.0 Å². The molecule has 0 aromatic rings. The zero-order valence-electron chi connectivity index (χ0n) is 16.3. The van der Waals surface area contributed by atoms with Crippen LogP contribution in [0, 0.1) is 11.8 Å². The molecule has 7 heteroatoms. The van der Waals surface area contributed by atoms with Crippen molar-refractivity contribution in [2.24, 2.45) is 11.8 Å². The van der Waals surface area contributed by atoms with Gasteiger partial charge >= 0.3 is 11.9 Å². The first kappa shape index (κ1) is 20.0. The van der Waals surface area contributed by atoms with Crippen molar-refractivity contribution < 1.29 is 33.7 Å². The Morgan fingerprint density at radius 3 is 2.52 bits per heavy atom. The lowest BCUT2D eigenvalue weighted by atomic mass is 9.77. The predicted molar refractivity (Wildman–Crippen MR) is 94.6 cm³/mol. The van der Waals surface area contributed by atoms with Gasteiger partial charge in [0, 0.05) is 23.8 Å². The van der Waals surface area contributed by atoms with Gasteiger partial charge in [0.1, 0.15) is 17.5 Å². The lowest BCUT2D eigenvalue weighted by molar-refractivity contribution is -0.192. The van der Waals surface area contributed by atoms with Crippen LogP contribution in [-0.2, 0) is 28.6 Å². The van der Waals surface area contributed by atoms with Crippen LogP contribution >= 0.6 is 0 Å². The summed E-state index contributed by atoms with van der Waals surface area (Å²) < 4.78 is 16.4. The van der Waals surface area contributed by atoms with E-state index in [0.29, 0.717) is 19.3 Å². The van der Waals surface area contributed by atoms with Gasteiger partial charge in [0.15, 0.2) is 11.7 Å². The Labute approximate surface area is 159 Å². The van der Waals surface area contributed by atoms with Crippen molar-refractivity contribution in [1.29, 1.82) is 0 Å². The first-order chi connectivity index (χ1) is 12.5. The predicted octanol–water partition coefficient (Wildman–Crippen LogP) is 1.70. The number of carbonyl (C=O) groups excluding carboxylic acids is 3. The van der Waals surface area contributed by atoms with Gasteiger partial charge in [-0.3, -0.25) is 4.79 Å². The summed E-state index contributed by atoms with van der Waals surface area (Å²) >= 11 is 0. The molecule has 1 N–H and O–H groups in total. The van der Waals surface area contributed by atoms with E-state index in [-0.39, 0.29) is 29.8 Å². The molecule has 3 fully saturated rings. The Morgan fingerprint density at radius 2 is 1.93 bits per heavy atom. The second kappa shape index (κ2) is 6.71. The van der Waals surface area contributed by atoms with E-state index >= 15 is 0 Å². The minimum Gasteiger partial charge on any atom is -0.454 e. The molecule has 0 aromatic carbocycles. The minimum atomic E-state index is -1.42. The van der Waals surface area contributed by atoms with Crippen LogP contribution in [0.3, 0.4) is 0 Å². The van der Waals surface area contributed by atoms with Crippen LogP contribution in [-0.4, -0.2) is 52.3 Å². The van der Waals surface area contributed by atoms with Crippen LogP contribution in [0.4, 0.5) is 0 Å². The molecule has 7 nitrogen and oxygen atoms in total. The maximum absolute atomic E-state index is 12.6. The van der Waals surface area contributed by atoms with Crippen molar-refractivity contribution in [3.63, 3.8) is 0 Å². The SMILES string of the molecule is C=C1C(=O)O[C@@H]2C1CC(=O)[C@@H](C)CCC[C@@](C)(O)[C@H]2OC(=O)[C@@]1(C)O[C@H]1C. The molecule has 1 unspecified atom stereocenters. The van der Waals surface area contributed by atoms with E-state index in [0.717, 1.165) is 0 Å². The molecule has 1 aliphatic carbocycles. The fourth-order valence-electron chi connectivity index (χ4n) is 3.96. The highest BCUT2D eigenvalue weighted by molar-refractivity contribution is 5.93. The lowest BCUT2D eigenvalue weighted by Gasteiger charge is -2.38. The summed E-state index contributed by atoms with van der Waals surface area (Å²) in [5, 5.41) is 11.1. The Kier molecular flexibility index (Phi) is 4.97. The van der Waals surface area contributed by atoms with Crippen molar-refractivity contribution in [3.05, 3.63) is 12.2 Å². The molecule has 150 valence electrons. The van der Waals surface area contributed by atoms with Crippen molar-refractivity contribution in [3.8, 4) is 0 Å². The second-order valence-electron chi connectivity index (χ2n) is 8.52. The van der Waals surface area contributed by atoms with Crippen LogP contribution in [0.1, 0.15) is 53.4 Å². The highest BCUT2D eigenvalue weighted by atomic mass is 16.7. The summed E-state index contributed by atoms with van der Waals surface area (Å²) in [6.45, 7) is 10.6. The summed E-state index contributed by atoms with van der Waals surface area (Å²) in [6.07, 6.45) is -0.748. The number of ether oxygens (including phenoxy) is 3. The number of carbonyl (C=O) groups is 3. The maximum atomic E-state index is 12.6. The third-order valence-corrected chi connectivity index (χ3v) is 6.33. The molecular formula is C20H28O7. The normalized spacial score (nSPS) is 45.1. The molecule has 2 heterocycles. The van der Waals surface area contributed by atoms with Gasteiger partial charge < -0.3 is 19.3 Å². The van der Waals surface area contributed by atoms with E-state index in [1.54, 1.807) is 20.8 Å². The van der Waals surface area contributed by atoms with E-state index in [9.17, 15) is 19.5 Å². The molecule has 0 aromatic heterocycles. The molecular weight excluding hydrogens is 352 g/mol. The van der Waals surface area contributed by atoms with Gasteiger partial charge in [0.2, 0.25) is 0 Å². The molecule has 0 amide bonds. The van der Waals surface area contributed by atoms with Crippen LogP contribution in [0.5, 0.6) is 0 Å². The fourth-order valence-corrected chi connectivity index (χ4v) is 3.96. The molecule has 0 radical (unpaired) electrons. The number of rotatable bonds is 2. The number of epoxide rings is 1. The van der Waals surface area contributed by atoms with Gasteiger partial charge in [0.25, 0.3) is 0 Å². The van der Waals surface area contributed by atoms with Crippen molar-refractivity contribution in [2.45, 2.75) is 82.9 Å². The number of ketones is 1. The van der Waals surface area contributed by atoms with Crippen LogP contribution < -0.4 is 0 Å². The van der Waals surface area contributed by atoms with E-state index in [1.165, 1.54) is 0 Å². The molecule has 3 aliphatic rings. The summed E-state index contributed by atoms with van der Waals surface area (Å²) in [4.78, 5) is 37.3. The van der Waals surface area contributed by atoms with Crippen LogP contribution in [0.15, 0.2) is 12.2 Å². The first-order valence-corrected chi connectivity index (χ1v) is 9.51. The summed E-state index contributed by atoms with van der Waals surface area (Å²) in [5.74, 6) is -2.01. The monoisotopic (exact) mass is 380 g/mol. The molecule has 2 saturated heterocycles. The fraction of sp³-hybridized carbons (Fsp3) is 0.750. The molecule has 7 atom stereocenters. The minimum absolute atomic E-state index is 0.0159. The number of esters is 2. The Morgan fingerprint density at radius 1 is 1.30 bits per heavy atom. The molecule has 0 bridgehead atoms. The third-order valence-electron chi connectivity index (χ3n) is 6.33. The van der Waals surface area contributed by atoms with Gasteiger partial charge in [0.05, 0.1) is 6.10 Å². The topological polar surface area (TPSA) is 102 Å². The highest BCUT2D eigenvalue weighted by Crippen LogP contribution is 2.42. The summed E-state index contributed by atoms with van der Waals surface area (Å²) in [7, 11) is 0. The third kappa shape index (κ3) is 3.55. The Hall–Kier alpha value is -1.73. The van der Waals surface area contributed by atoms with Crippen molar-refractivity contribution >= 4 is 17.7 Å². The van der Waals surface area contributed by atoms with E-state index in [4.69, 9.17) is 14.2 Å². The lowest BCUT2D eigenvalue weighted by Crippen LogP contribution is -2.53. The number of aliphatic hydroxyl groups is 1. The molecule has 0 spiro atoms. The number of hydrogen-bond acceptors (Lipinski definition) is 7. The Balaban J connectivity index is 1.93. The van der Waals surface area contributed by atoms with Crippen molar-refractivity contribution in [2.75, 3.05) is 0 Å². The average molecular weight is 380 g/mol. The summed E-state index contributed by atoms with van der Waals surface area (Å²) in [6, 6.07) is 0. The van der Waals surface area contributed by atoms with Gasteiger partial charge in [-0.2, -0.15) is 0 Å². The van der Waals surface area contributed by atoms with Gasteiger partial charge in [-0.15, -0.1) is 0 Å². The largest absolute Gasteiger partial charge is 0.454 e. The molecule has 2 aliphatic heterocycles. The van der Waals surface area contributed by atoms with E-state index < -0.39 is 41.3 Å². The zero-order chi connectivity index (χ0) is 20.1. The first-order valence-electron chi connectivity index (χ1n) is 9.51. The molecule has 27 heavy (non-hydrogen) atoms. The number of fused-ring (bicyclic) bond motifs is 1. The zero-order valence-corrected chi connectivity index (χ0v) is 16.3. The van der Waals surface area contributed by atoms with Crippen molar-refractivity contribution in [1.82, 2.24) is 0 Å². The Bertz CT molecular complexity index is 682. The number of hydrogen-bond donors (Lipinski definition) is 1. The average Bonchev–Trinajstić information content (AvgIpc) is 3.12. The van der Waals surface area contributed by atoms with E-state index in [1.807, 2.05) is 6.92 Å². The quantitative estimate of drug-likeness (QED) is 0.442. The van der Waals surface area contributed by atoms with E-state index in [2.05, 4.69) is 6.58 Å². The van der Waals surface area contributed by atoms with Crippen LogP contribution in [0.25, 0.3) is 0 Å². The summed E-state index contributed by atoms with van der Waals surface area (Å²) in [5.41, 5.74) is -2.30. The number of Topliss-reactive ketones (excluding diaryl/α,β-unsaturated/α-hetero) is 1. The maximum Gasteiger partial charge on any atom is 0.341 e.